The molecule has 4 aliphatic carbocycles. The number of nitrogens with zero attached hydrogens (tertiary/aromatic N) is 1. The molecule has 2 aromatic rings. The van der Waals surface area contributed by atoms with Crippen molar-refractivity contribution in [2.24, 2.45) is 17.8 Å². The normalized spacial score (nSPS) is 31.1. The van der Waals surface area contributed by atoms with Crippen LogP contribution in [0.2, 0.25) is 5.02 Å². The second-order valence-corrected chi connectivity index (χ2v) is 9.23. The van der Waals surface area contributed by atoms with Gasteiger partial charge in [-0.3, -0.25) is 10.1 Å². The highest BCUT2D eigenvalue weighted by Crippen LogP contribution is 2.61. The summed E-state index contributed by atoms with van der Waals surface area (Å²) in [6, 6.07) is 12.9. The van der Waals surface area contributed by atoms with Gasteiger partial charge in [0.1, 0.15) is 0 Å². The van der Waals surface area contributed by atoms with Crippen LogP contribution in [0.1, 0.15) is 44.1 Å². The standard InChI is InChI=1S/C22H23ClN2O2/c23-20-10-17(22-11-14-7-15(12-22)9-16(8-14)13-22)1-6-21(20)24-18-2-4-19(5-3-18)25(26)27/h1-6,10,14-16,24H,7-9,11-13H2. The lowest BCUT2D eigenvalue weighted by Gasteiger charge is -2.57. The molecule has 0 spiro atoms. The summed E-state index contributed by atoms with van der Waals surface area (Å²) >= 11 is 6.63. The first-order valence-electron chi connectivity index (χ1n) is 9.82. The molecule has 4 aliphatic rings. The van der Waals surface area contributed by atoms with E-state index in [0.717, 1.165) is 34.2 Å². The van der Waals surface area contributed by atoms with Gasteiger partial charge in [-0.1, -0.05) is 17.7 Å². The van der Waals surface area contributed by atoms with E-state index in [4.69, 9.17) is 11.6 Å². The lowest BCUT2D eigenvalue weighted by molar-refractivity contribution is -0.384. The number of non-ortho nitro benzene ring substituents is 1. The highest BCUT2D eigenvalue weighted by atomic mass is 35.5. The third kappa shape index (κ3) is 3.00. The first-order chi connectivity index (χ1) is 13.0. The van der Waals surface area contributed by atoms with Gasteiger partial charge in [-0.15, -0.1) is 0 Å². The molecular weight excluding hydrogens is 360 g/mol. The van der Waals surface area contributed by atoms with Crippen LogP contribution in [0, 0.1) is 27.9 Å². The number of hydrogen-bond acceptors (Lipinski definition) is 3. The van der Waals surface area contributed by atoms with Gasteiger partial charge in [-0.2, -0.15) is 0 Å². The summed E-state index contributed by atoms with van der Waals surface area (Å²) in [6.45, 7) is 0. The molecule has 140 valence electrons. The Morgan fingerprint density at radius 2 is 1.56 bits per heavy atom. The molecule has 0 amide bonds. The fourth-order valence-corrected chi connectivity index (χ4v) is 6.46. The summed E-state index contributed by atoms with van der Waals surface area (Å²) in [7, 11) is 0. The van der Waals surface area contributed by atoms with E-state index >= 15 is 0 Å². The minimum atomic E-state index is -0.392. The van der Waals surface area contributed by atoms with Crippen molar-refractivity contribution in [1.29, 1.82) is 0 Å². The van der Waals surface area contributed by atoms with Gasteiger partial charge >= 0.3 is 0 Å². The summed E-state index contributed by atoms with van der Waals surface area (Å²) in [5.41, 5.74) is 3.47. The van der Waals surface area contributed by atoms with E-state index in [-0.39, 0.29) is 5.69 Å². The molecule has 4 saturated carbocycles. The molecule has 0 aromatic heterocycles. The molecule has 0 aliphatic heterocycles. The molecule has 1 N–H and O–H groups in total. The van der Waals surface area contributed by atoms with Gasteiger partial charge in [-0.05, 0) is 91.5 Å². The Morgan fingerprint density at radius 3 is 2.07 bits per heavy atom. The monoisotopic (exact) mass is 382 g/mol. The lowest BCUT2D eigenvalue weighted by Crippen LogP contribution is -2.48. The molecule has 0 radical (unpaired) electrons. The summed E-state index contributed by atoms with van der Waals surface area (Å²) in [4.78, 5) is 10.4. The van der Waals surface area contributed by atoms with E-state index in [1.807, 2.05) is 0 Å². The predicted octanol–water partition coefficient (Wildman–Crippen LogP) is 6.46. The number of nitrogens with one attached hydrogen (secondary N) is 1. The van der Waals surface area contributed by atoms with Crippen molar-refractivity contribution < 1.29 is 4.92 Å². The van der Waals surface area contributed by atoms with E-state index in [1.165, 1.54) is 56.2 Å². The molecule has 4 nitrogen and oxygen atoms in total. The van der Waals surface area contributed by atoms with Crippen LogP contribution >= 0.6 is 11.6 Å². The van der Waals surface area contributed by atoms with E-state index in [2.05, 4.69) is 23.5 Å². The van der Waals surface area contributed by atoms with Gasteiger partial charge in [0.15, 0.2) is 0 Å². The summed E-state index contributed by atoms with van der Waals surface area (Å²) in [6.07, 6.45) is 8.28. The molecule has 5 heteroatoms. The molecule has 4 bridgehead atoms. The Balaban J connectivity index is 1.39. The molecular formula is C22H23ClN2O2. The largest absolute Gasteiger partial charge is 0.354 e. The van der Waals surface area contributed by atoms with Crippen LogP contribution in [-0.2, 0) is 5.41 Å². The van der Waals surface area contributed by atoms with E-state index < -0.39 is 4.92 Å². The van der Waals surface area contributed by atoms with Gasteiger partial charge in [0.25, 0.3) is 5.69 Å². The van der Waals surface area contributed by atoms with Crippen molar-refractivity contribution in [3.63, 3.8) is 0 Å². The Bertz CT molecular complexity index is 858. The highest BCUT2D eigenvalue weighted by molar-refractivity contribution is 6.33. The number of anilines is 2. The summed E-state index contributed by atoms with van der Waals surface area (Å²) in [5, 5.41) is 14.8. The zero-order chi connectivity index (χ0) is 18.6. The maximum atomic E-state index is 10.8. The quantitative estimate of drug-likeness (QED) is 0.487. The fraction of sp³-hybridized carbons (Fsp3) is 0.455. The Kier molecular flexibility index (Phi) is 3.94. The van der Waals surface area contributed by atoms with Crippen LogP contribution in [0.4, 0.5) is 17.1 Å². The smallest absolute Gasteiger partial charge is 0.269 e. The minimum absolute atomic E-state index is 0.0869. The molecule has 2 aromatic carbocycles. The Morgan fingerprint density at radius 1 is 0.963 bits per heavy atom. The third-order valence-corrected chi connectivity index (χ3v) is 7.29. The Labute approximate surface area is 164 Å². The van der Waals surface area contributed by atoms with Crippen LogP contribution in [0.5, 0.6) is 0 Å². The van der Waals surface area contributed by atoms with Crippen LogP contribution in [0.3, 0.4) is 0 Å². The first-order valence-corrected chi connectivity index (χ1v) is 10.2. The number of nitro benzene ring substituents is 1. The van der Waals surface area contributed by atoms with Gasteiger partial charge in [0.2, 0.25) is 0 Å². The number of halogens is 1. The lowest BCUT2D eigenvalue weighted by atomic mass is 9.48. The maximum absolute atomic E-state index is 10.8. The van der Waals surface area contributed by atoms with Gasteiger partial charge in [-0.25, -0.2) is 0 Å². The van der Waals surface area contributed by atoms with E-state index in [0.29, 0.717) is 5.41 Å². The second kappa shape index (κ2) is 6.23. The zero-order valence-corrected chi connectivity index (χ0v) is 15.9. The average molecular weight is 383 g/mol. The van der Waals surface area contributed by atoms with E-state index in [9.17, 15) is 10.1 Å². The Hall–Kier alpha value is -2.07. The molecule has 0 saturated heterocycles. The van der Waals surface area contributed by atoms with Crippen molar-refractivity contribution in [3.05, 3.63) is 63.2 Å². The van der Waals surface area contributed by atoms with Crippen LogP contribution < -0.4 is 5.32 Å². The van der Waals surface area contributed by atoms with Crippen LogP contribution in [0.15, 0.2) is 42.5 Å². The van der Waals surface area contributed by atoms with E-state index in [1.54, 1.807) is 12.1 Å². The number of rotatable bonds is 4. The van der Waals surface area contributed by atoms with Gasteiger partial charge in [0.05, 0.1) is 15.6 Å². The van der Waals surface area contributed by atoms with Crippen molar-refractivity contribution in [1.82, 2.24) is 0 Å². The topological polar surface area (TPSA) is 55.2 Å². The average Bonchev–Trinajstić information content (AvgIpc) is 2.62. The second-order valence-electron chi connectivity index (χ2n) is 8.82. The fourth-order valence-electron chi connectivity index (χ4n) is 6.23. The summed E-state index contributed by atoms with van der Waals surface area (Å²) in [5.74, 6) is 2.73. The van der Waals surface area contributed by atoms with Gasteiger partial charge in [0, 0.05) is 17.8 Å². The van der Waals surface area contributed by atoms with Crippen LogP contribution in [0.25, 0.3) is 0 Å². The molecule has 4 fully saturated rings. The maximum Gasteiger partial charge on any atom is 0.269 e. The number of benzene rings is 2. The molecule has 0 atom stereocenters. The van der Waals surface area contributed by atoms with Crippen molar-refractivity contribution in [2.45, 2.75) is 43.9 Å². The van der Waals surface area contributed by atoms with Crippen LogP contribution in [-0.4, -0.2) is 4.92 Å². The predicted molar refractivity (Wildman–Crippen MR) is 108 cm³/mol. The summed E-state index contributed by atoms with van der Waals surface area (Å²) < 4.78 is 0. The van der Waals surface area contributed by atoms with Crippen molar-refractivity contribution in [2.75, 3.05) is 5.32 Å². The molecule has 27 heavy (non-hydrogen) atoms. The molecule has 0 unspecified atom stereocenters. The molecule has 6 rings (SSSR count). The highest BCUT2D eigenvalue weighted by Gasteiger charge is 2.51. The zero-order valence-electron chi connectivity index (χ0n) is 15.2. The molecule has 0 heterocycles. The van der Waals surface area contributed by atoms with Gasteiger partial charge < -0.3 is 5.32 Å². The van der Waals surface area contributed by atoms with Crippen molar-refractivity contribution in [3.8, 4) is 0 Å². The number of hydrogen-bond donors (Lipinski definition) is 1. The number of nitro groups is 1. The third-order valence-electron chi connectivity index (χ3n) is 6.98. The SMILES string of the molecule is O=[N+]([O-])c1ccc(Nc2ccc(C34CC5CC(CC(C5)C3)C4)cc2Cl)cc1. The minimum Gasteiger partial charge on any atom is -0.354 e. The van der Waals surface area contributed by atoms with Crippen molar-refractivity contribution >= 4 is 28.7 Å². The first kappa shape index (κ1) is 17.1.